The molecule has 1 amide bonds. The zero-order chi connectivity index (χ0) is 23.1. The number of sulfonamides is 1. The Kier molecular flexibility index (Phi) is 7.59. The van der Waals surface area contributed by atoms with E-state index in [0.717, 1.165) is 18.4 Å². The normalized spacial score (nSPS) is 16.2. The molecule has 8 heteroatoms. The summed E-state index contributed by atoms with van der Waals surface area (Å²) in [5.41, 5.74) is 0.953. The minimum Gasteiger partial charge on any atom is -0.467 e. The summed E-state index contributed by atoms with van der Waals surface area (Å²) in [6.07, 6.45) is 3.00. The molecule has 1 saturated heterocycles. The van der Waals surface area contributed by atoms with Crippen LogP contribution in [0.5, 0.6) is 0 Å². The lowest BCUT2D eigenvalue weighted by Gasteiger charge is -2.28. The fraction of sp³-hybridized carbons (Fsp3) is 0.320. The molecule has 0 bridgehead atoms. The molecule has 0 N–H and O–H groups in total. The first-order valence-electron chi connectivity index (χ1n) is 11.0. The molecule has 0 aliphatic carbocycles. The summed E-state index contributed by atoms with van der Waals surface area (Å²) >= 11 is 0. The van der Waals surface area contributed by atoms with Gasteiger partial charge < -0.3 is 14.1 Å². The number of rotatable bonds is 10. The van der Waals surface area contributed by atoms with Crippen molar-refractivity contribution in [2.45, 2.75) is 36.9 Å². The second kappa shape index (κ2) is 10.8. The van der Waals surface area contributed by atoms with Crippen LogP contribution in [0.3, 0.4) is 0 Å². The fourth-order valence-corrected chi connectivity index (χ4v) is 5.32. The van der Waals surface area contributed by atoms with Gasteiger partial charge in [0.15, 0.2) is 0 Å². The van der Waals surface area contributed by atoms with Gasteiger partial charge >= 0.3 is 0 Å². The first-order valence-corrected chi connectivity index (χ1v) is 12.5. The van der Waals surface area contributed by atoms with E-state index < -0.39 is 10.0 Å². The smallest absolute Gasteiger partial charge is 0.243 e. The Balaban J connectivity index is 1.58. The van der Waals surface area contributed by atoms with Crippen LogP contribution < -0.4 is 0 Å². The van der Waals surface area contributed by atoms with E-state index in [0.29, 0.717) is 18.9 Å². The molecular formula is C25H28N2O5S. The number of carbonyl (C=O) groups excluding carboxylic acids is 1. The number of amides is 1. The molecule has 2 heterocycles. The van der Waals surface area contributed by atoms with Crippen LogP contribution in [-0.2, 0) is 32.6 Å². The second-order valence-corrected chi connectivity index (χ2v) is 10.00. The predicted molar refractivity (Wildman–Crippen MR) is 124 cm³/mol. The monoisotopic (exact) mass is 468 g/mol. The Hall–Kier alpha value is -2.94. The molecule has 33 heavy (non-hydrogen) atoms. The van der Waals surface area contributed by atoms with Gasteiger partial charge in [-0.1, -0.05) is 48.5 Å². The summed E-state index contributed by atoms with van der Waals surface area (Å²) in [7, 11) is -3.87. The largest absolute Gasteiger partial charge is 0.467 e. The third-order valence-corrected chi connectivity index (χ3v) is 7.45. The van der Waals surface area contributed by atoms with E-state index in [1.54, 1.807) is 53.6 Å². The van der Waals surface area contributed by atoms with Gasteiger partial charge in [-0.25, -0.2) is 8.42 Å². The molecule has 0 radical (unpaired) electrons. The van der Waals surface area contributed by atoms with E-state index in [1.165, 1.54) is 4.31 Å². The summed E-state index contributed by atoms with van der Waals surface area (Å²) in [6.45, 7) is 1.07. The Bertz CT molecular complexity index is 1110. The molecule has 1 aromatic heterocycles. The molecular weight excluding hydrogens is 440 g/mol. The molecule has 1 unspecified atom stereocenters. The van der Waals surface area contributed by atoms with Crippen molar-refractivity contribution >= 4 is 15.9 Å². The van der Waals surface area contributed by atoms with Crippen LogP contribution in [0.2, 0.25) is 0 Å². The van der Waals surface area contributed by atoms with Crippen molar-refractivity contribution in [1.82, 2.24) is 9.21 Å². The van der Waals surface area contributed by atoms with Crippen LogP contribution in [0, 0.1) is 0 Å². The molecule has 0 spiro atoms. The molecule has 1 fully saturated rings. The van der Waals surface area contributed by atoms with Gasteiger partial charge in [0.25, 0.3) is 0 Å². The number of furan rings is 1. The van der Waals surface area contributed by atoms with Gasteiger partial charge in [0, 0.05) is 19.7 Å². The average Bonchev–Trinajstić information content (AvgIpc) is 3.54. The van der Waals surface area contributed by atoms with Crippen LogP contribution >= 0.6 is 0 Å². The standard InChI is InChI=1S/C25H28N2O5S/c28-25(26(18-22-11-7-15-31-22)17-21-9-3-1-4-10-21)20-27(19-23-12-8-16-32-23)33(29,30)24-13-5-2-6-14-24/h1-7,9-11,13-15,23H,8,12,16-20H2. The number of hydrogen-bond acceptors (Lipinski definition) is 5. The van der Waals surface area contributed by atoms with Gasteiger partial charge in [0.1, 0.15) is 5.76 Å². The number of ether oxygens (including phenoxy) is 1. The topological polar surface area (TPSA) is 80.1 Å². The van der Waals surface area contributed by atoms with Crippen molar-refractivity contribution in [3.63, 3.8) is 0 Å². The molecule has 1 aliphatic rings. The summed E-state index contributed by atoms with van der Waals surface area (Å²) in [4.78, 5) is 15.3. The van der Waals surface area contributed by atoms with Crippen molar-refractivity contribution < 1.29 is 22.4 Å². The van der Waals surface area contributed by atoms with Gasteiger partial charge in [-0.05, 0) is 42.7 Å². The maximum absolute atomic E-state index is 13.5. The highest BCUT2D eigenvalue weighted by Crippen LogP contribution is 2.21. The van der Waals surface area contributed by atoms with Gasteiger partial charge in [0.2, 0.25) is 15.9 Å². The molecule has 1 aliphatic heterocycles. The Morgan fingerprint density at radius 1 is 0.939 bits per heavy atom. The van der Waals surface area contributed by atoms with Crippen molar-refractivity contribution in [2.24, 2.45) is 0 Å². The lowest BCUT2D eigenvalue weighted by molar-refractivity contribution is -0.133. The third-order valence-electron chi connectivity index (χ3n) is 5.62. The van der Waals surface area contributed by atoms with E-state index in [2.05, 4.69) is 0 Å². The van der Waals surface area contributed by atoms with Crippen LogP contribution in [0.15, 0.2) is 88.4 Å². The minimum absolute atomic E-state index is 0.142. The Morgan fingerprint density at radius 3 is 2.30 bits per heavy atom. The van der Waals surface area contributed by atoms with Gasteiger partial charge in [-0.2, -0.15) is 4.31 Å². The lowest BCUT2D eigenvalue weighted by Crippen LogP contribution is -2.45. The van der Waals surface area contributed by atoms with E-state index >= 15 is 0 Å². The zero-order valence-corrected chi connectivity index (χ0v) is 19.2. The molecule has 7 nitrogen and oxygen atoms in total. The quantitative estimate of drug-likeness (QED) is 0.454. The van der Waals surface area contributed by atoms with Crippen molar-refractivity contribution in [1.29, 1.82) is 0 Å². The molecule has 174 valence electrons. The summed E-state index contributed by atoms with van der Waals surface area (Å²) in [6, 6.07) is 21.4. The maximum atomic E-state index is 13.5. The van der Waals surface area contributed by atoms with Gasteiger partial charge in [0.05, 0.1) is 30.4 Å². The molecule has 4 rings (SSSR count). The SMILES string of the molecule is O=C(CN(CC1CCCO1)S(=O)(=O)c1ccccc1)N(Cc1ccccc1)Cc1ccco1. The van der Waals surface area contributed by atoms with Crippen LogP contribution in [-0.4, -0.2) is 49.3 Å². The van der Waals surface area contributed by atoms with Gasteiger partial charge in [-0.15, -0.1) is 0 Å². The number of carbonyl (C=O) groups is 1. The molecule has 1 atom stereocenters. The first-order chi connectivity index (χ1) is 16.0. The van der Waals surface area contributed by atoms with Crippen LogP contribution in [0.4, 0.5) is 0 Å². The Labute approximate surface area is 194 Å². The number of hydrogen-bond donors (Lipinski definition) is 0. The van der Waals surface area contributed by atoms with Crippen LogP contribution in [0.1, 0.15) is 24.2 Å². The summed E-state index contributed by atoms with van der Waals surface area (Å²) < 4.78 is 39.3. The highest BCUT2D eigenvalue weighted by atomic mass is 32.2. The number of nitrogens with zero attached hydrogens (tertiary/aromatic N) is 2. The summed E-state index contributed by atoms with van der Waals surface area (Å²) in [5.74, 6) is 0.337. The molecule has 3 aromatic rings. The van der Waals surface area contributed by atoms with Gasteiger partial charge in [-0.3, -0.25) is 4.79 Å². The average molecular weight is 469 g/mol. The van der Waals surface area contributed by atoms with E-state index in [4.69, 9.17) is 9.15 Å². The minimum atomic E-state index is -3.87. The van der Waals surface area contributed by atoms with E-state index in [1.807, 2.05) is 30.3 Å². The lowest BCUT2D eigenvalue weighted by atomic mass is 10.2. The van der Waals surface area contributed by atoms with Crippen LogP contribution in [0.25, 0.3) is 0 Å². The Morgan fingerprint density at radius 2 is 1.67 bits per heavy atom. The van der Waals surface area contributed by atoms with Crippen molar-refractivity contribution in [3.8, 4) is 0 Å². The molecule has 0 saturated carbocycles. The first kappa shape index (κ1) is 23.2. The fourth-order valence-electron chi connectivity index (χ4n) is 3.88. The van der Waals surface area contributed by atoms with E-state index in [-0.39, 0.29) is 36.5 Å². The highest BCUT2D eigenvalue weighted by molar-refractivity contribution is 7.89. The third kappa shape index (κ3) is 6.10. The summed E-state index contributed by atoms with van der Waals surface area (Å²) in [5, 5.41) is 0. The second-order valence-electron chi connectivity index (χ2n) is 8.06. The number of benzene rings is 2. The van der Waals surface area contributed by atoms with E-state index in [9.17, 15) is 13.2 Å². The maximum Gasteiger partial charge on any atom is 0.243 e. The zero-order valence-electron chi connectivity index (χ0n) is 18.4. The predicted octanol–water partition coefficient (Wildman–Crippen LogP) is 3.68. The van der Waals surface area contributed by atoms with Crippen molar-refractivity contribution in [3.05, 3.63) is 90.4 Å². The molecule has 2 aromatic carbocycles. The van der Waals surface area contributed by atoms with Crippen molar-refractivity contribution in [2.75, 3.05) is 19.7 Å². The highest BCUT2D eigenvalue weighted by Gasteiger charge is 2.32.